The molecule has 0 aliphatic carbocycles. The van der Waals surface area contributed by atoms with Gasteiger partial charge in [0.05, 0.1) is 10.6 Å². The average Bonchev–Trinajstić information content (AvgIpc) is 2.39. The van der Waals surface area contributed by atoms with Crippen molar-refractivity contribution in [2.45, 2.75) is 18.2 Å². The summed E-state index contributed by atoms with van der Waals surface area (Å²) < 4.78 is 39.4. The minimum atomic E-state index is -3.74. The predicted molar refractivity (Wildman–Crippen MR) is 77.4 cm³/mol. The molecule has 6 heteroatoms. The van der Waals surface area contributed by atoms with E-state index in [1.807, 2.05) is 6.92 Å². The molecule has 106 valence electrons. The fourth-order valence-electron chi connectivity index (χ4n) is 1.81. The maximum atomic E-state index is 12.8. The van der Waals surface area contributed by atoms with Gasteiger partial charge in [0.25, 0.3) is 10.0 Å². The molecule has 0 aliphatic rings. The Kier molecular flexibility index (Phi) is 3.94. The molecule has 3 N–H and O–H groups in total. The molecule has 0 amide bonds. The lowest BCUT2D eigenvalue weighted by Gasteiger charge is -2.10. The summed E-state index contributed by atoms with van der Waals surface area (Å²) in [6.07, 6.45) is 0.775. The molecule has 0 fully saturated rings. The lowest BCUT2D eigenvalue weighted by molar-refractivity contribution is 0.599. The fraction of sp³-hybridized carbons (Fsp3) is 0.143. The predicted octanol–water partition coefficient (Wildman–Crippen LogP) is 2.77. The molecule has 4 nitrogen and oxygen atoms in total. The van der Waals surface area contributed by atoms with Gasteiger partial charge in [0.15, 0.2) is 0 Å². The highest BCUT2D eigenvalue weighted by Crippen LogP contribution is 2.21. The van der Waals surface area contributed by atoms with Crippen molar-refractivity contribution in [1.82, 2.24) is 0 Å². The molecule has 2 aromatic carbocycles. The standard InChI is InChI=1S/C14H15FN2O2S/c1-2-10-3-6-12(9-14(10)16)17-20(18,19)13-7-4-11(15)5-8-13/h3-9,17H,2,16H2,1H3. The Morgan fingerprint density at radius 3 is 2.35 bits per heavy atom. The summed E-state index contributed by atoms with van der Waals surface area (Å²) in [5, 5.41) is 0. The molecule has 0 heterocycles. The summed E-state index contributed by atoms with van der Waals surface area (Å²) in [6.45, 7) is 1.97. The van der Waals surface area contributed by atoms with Crippen molar-refractivity contribution in [2.75, 3.05) is 10.5 Å². The smallest absolute Gasteiger partial charge is 0.261 e. The van der Waals surface area contributed by atoms with Gasteiger partial charge in [-0.1, -0.05) is 13.0 Å². The third-order valence-corrected chi connectivity index (χ3v) is 4.30. The van der Waals surface area contributed by atoms with E-state index in [0.29, 0.717) is 11.4 Å². The van der Waals surface area contributed by atoms with Crippen LogP contribution < -0.4 is 10.5 Å². The van der Waals surface area contributed by atoms with Crippen LogP contribution in [-0.2, 0) is 16.4 Å². The first-order valence-corrected chi connectivity index (χ1v) is 7.57. The van der Waals surface area contributed by atoms with Crippen molar-refractivity contribution in [2.24, 2.45) is 0 Å². The highest BCUT2D eigenvalue weighted by atomic mass is 32.2. The minimum Gasteiger partial charge on any atom is -0.398 e. The summed E-state index contributed by atoms with van der Waals surface area (Å²) in [4.78, 5) is -0.00274. The number of nitrogens with one attached hydrogen (secondary N) is 1. The Morgan fingerprint density at radius 2 is 1.80 bits per heavy atom. The summed E-state index contributed by atoms with van der Waals surface area (Å²) in [5.74, 6) is -0.486. The first-order chi connectivity index (χ1) is 9.42. The Hall–Kier alpha value is -2.08. The molecule has 0 spiro atoms. The van der Waals surface area contributed by atoms with Crippen LogP contribution >= 0.6 is 0 Å². The number of nitrogen functional groups attached to an aromatic ring is 1. The molecular weight excluding hydrogens is 279 g/mol. The normalized spacial score (nSPS) is 11.3. The van der Waals surface area contributed by atoms with Crippen LogP contribution in [0, 0.1) is 5.82 Å². The Balaban J connectivity index is 2.28. The number of nitrogens with two attached hydrogens (primary N) is 1. The molecule has 0 aromatic heterocycles. The van der Waals surface area contributed by atoms with Crippen molar-refractivity contribution in [1.29, 1.82) is 0 Å². The molecular formula is C14H15FN2O2S. The Morgan fingerprint density at radius 1 is 1.15 bits per heavy atom. The fourth-order valence-corrected chi connectivity index (χ4v) is 2.86. The zero-order valence-electron chi connectivity index (χ0n) is 10.9. The van der Waals surface area contributed by atoms with Crippen LogP contribution in [0.25, 0.3) is 0 Å². The van der Waals surface area contributed by atoms with Crippen LogP contribution in [-0.4, -0.2) is 8.42 Å². The van der Waals surface area contributed by atoms with E-state index in [2.05, 4.69) is 4.72 Å². The zero-order chi connectivity index (χ0) is 14.8. The maximum absolute atomic E-state index is 12.8. The number of hydrogen-bond donors (Lipinski definition) is 2. The maximum Gasteiger partial charge on any atom is 0.261 e. The number of anilines is 2. The van der Waals surface area contributed by atoms with E-state index in [1.54, 1.807) is 18.2 Å². The van der Waals surface area contributed by atoms with E-state index in [-0.39, 0.29) is 4.90 Å². The largest absolute Gasteiger partial charge is 0.398 e. The van der Waals surface area contributed by atoms with Crippen LogP contribution in [0.2, 0.25) is 0 Å². The molecule has 2 rings (SSSR count). The summed E-state index contributed by atoms with van der Waals surface area (Å²) in [6, 6.07) is 9.61. The number of halogens is 1. The summed E-state index contributed by atoms with van der Waals surface area (Å²) in [7, 11) is -3.74. The number of rotatable bonds is 4. The molecule has 0 aliphatic heterocycles. The lowest BCUT2D eigenvalue weighted by Crippen LogP contribution is -2.13. The van der Waals surface area contributed by atoms with Crippen LogP contribution in [0.4, 0.5) is 15.8 Å². The van der Waals surface area contributed by atoms with E-state index in [0.717, 1.165) is 24.1 Å². The van der Waals surface area contributed by atoms with Gasteiger partial charge in [-0.2, -0.15) is 0 Å². The molecule has 20 heavy (non-hydrogen) atoms. The van der Waals surface area contributed by atoms with Crippen LogP contribution in [0.15, 0.2) is 47.4 Å². The van der Waals surface area contributed by atoms with Crippen LogP contribution in [0.5, 0.6) is 0 Å². The highest BCUT2D eigenvalue weighted by Gasteiger charge is 2.14. The summed E-state index contributed by atoms with van der Waals surface area (Å²) >= 11 is 0. The number of hydrogen-bond acceptors (Lipinski definition) is 3. The van der Waals surface area contributed by atoms with Crippen molar-refractivity contribution in [3.63, 3.8) is 0 Å². The second kappa shape index (κ2) is 5.50. The molecule has 0 atom stereocenters. The van der Waals surface area contributed by atoms with E-state index < -0.39 is 15.8 Å². The Bertz CT molecular complexity index is 712. The van der Waals surface area contributed by atoms with Crippen LogP contribution in [0.3, 0.4) is 0 Å². The quantitative estimate of drug-likeness (QED) is 0.852. The van der Waals surface area contributed by atoms with Gasteiger partial charge < -0.3 is 5.73 Å². The lowest BCUT2D eigenvalue weighted by atomic mass is 10.1. The van der Waals surface area contributed by atoms with Gasteiger partial charge in [0, 0.05) is 5.69 Å². The van der Waals surface area contributed by atoms with Crippen molar-refractivity contribution < 1.29 is 12.8 Å². The Labute approximate surface area is 117 Å². The molecule has 0 saturated carbocycles. The molecule has 2 aromatic rings. The SMILES string of the molecule is CCc1ccc(NS(=O)(=O)c2ccc(F)cc2)cc1N. The molecule has 0 saturated heterocycles. The zero-order valence-corrected chi connectivity index (χ0v) is 11.7. The topological polar surface area (TPSA) is 72.2 Å². The van der Waals surface area contributed by atoms with Gasteiger partial charge in [-0.3, -0.25) is 4.72 Å². The van der Waals surface area contributed by atoms with Crippen LogP contribution in [0.1, 0.15) is 12.5 Å². The van der Waals surface area contributed by atoms with Gasteiger partial charge >= 0.3 is 0 Å². The molecule has 0 radical (unpaired) electrons. The third kappa shape index (κ3) is 3.08. The molecule has 0 bridgehead atoms. The number of sulfonamides is 1. The monoisotopic (exact) mass is 294 g/mol. The van der Waals surface area contributed by atoms with Gasteiger partial charge in [0.2, 0.25) is 0 Å². The van der Waals surface area contributed by atoms with E-state index in [9.17, 15) is 12.8 Å². The van der Waals surface area contributed by atoms with Crippen molar-refractivity contribution in [3.8, 4) is 0 Å². The van der Waals surface area contributed by atoms with Gasteiger partial charge in [0.1, 0.15) is 5.82 Å². The minimum absolute atomic E-state index is 0.00274. The second-order valence-corrected chi connectivity index (χ2v) is 6.01. The van der Waals surface area contributed by atoms with Crippen molar-refractivity contribution in [3.05, 3.63) is 53.8 Å². The van der Waals surface area contributed by atoms with Gasteiger partial charge in [-0.15, -0.1) is 0 Å². The first-order valence-electron chi connectivity index (χ1n) is 6.09. The van der Waals surface area contributed by atoms with E-state index in [1.165, 1.54) is 12.1 Å². The number of aryl methyl sites for hydroxylation is 1. The van der Waals surface area contributed by atoms with Crippen molar-refractivity contribution >= 4 is 21.4 Å². The first kappa shape index (κ1) is 14.3. The highest BCUT2D eigenvalue weighted by molar-refractivity contribution is 7.92. The van der Waals surface area contributed by atoms with E-state index >= 15 is 0 Å². The third-order valence-electron chi connectivity index (χ3n) is 2.90. The second-order valence-electron chi connectivity index (χ2n) is 4.33. The van der Waals surface area contributed by atoms with Gasteiger partial charge in [-0.05, 0) is 48.4 Å². The number of benzene rings is 2. The summed E-state index contributed by atoms with van der Waals surface area (Å²) in [5.41, 5.74) is 7.69. The molecule has 0 unspecified atom stereocenters. The van der Waals surface area contributed by atoms with Gasteiger partial charge in [-0.25, -0.2) is 12.8 Å². The van der Waals surface area contributed by atoms with E-state index in [4.69, 9.17) is 5.73 Å². The average molecular weight is 294 g/mol.